The predicted molar refractivity (Wildman–Crippen MR) is 76.1 cm³/mol. The Morgan fingerprint density at radius 2 is 1.62 bits per heavy atom. The summed E-state index contributed by atoms with van der Waals surface area (Å²) in [6.07, 6.45) is 0.384. The highest BCUT2D eigenvalue weighted by atomic mass is 32.2. The van der Waals surface area contributed by atoms with E-state index in [0.29, 0.717) is 6.42 Å². The van der Waals surface area contributed by atoms with Crippen molar-refractivity contribution in [2.45, 2.75) is 11.3 Å². The van der Waals surface area contributed by atoms with Crippen molar-refractivity contribution in [3.63, 3.8) is 0 Å². The first-order valence-corrected chi connectivity index (χ1v) is 7.66. The third-order valence-corrected chi connectivity index (χ3v) is 4.40. The molecular weight excluding hydrogens is 298 g/mol. The molecule has 7 heteroatoms. The van der Waals surface area contributed by atoms with Crippen LogP contribution >= 0.6 is 0 Å². The molecule has 0 amide bonds. The summed E-state index contributed by atoms with van der Waals surface area (Å²) >= 11 is 0. The Labute approximate surface area is 121 Å². The van der Waals surface area contributed by atoms with Crippen molar-refractivity contribution in [3.05, 3.63) is 59.7 Å². The Bertz CT molecular complexity index is 731. The lowest BCUT2D eigenvalue weighted by atomic mass is 10.1. The van der Waals surface area contributed by atoms with Gasteiger partial charge in [0.15, 0.2) is 0 Å². The van der Waals surface area contributed by atoms with Gasteiger partial charge in [-0.25, -0.2) is 21.9 Å². The Morgan fingerprint density at radius 3 is 2.29 bits per heavy atom. The van der Waals surface area contributed by atoms with Crippen LogP contribution in [0, 0.1) is 11.6 Å². The number of anilines is 1. The third-order valence-electron chi connectivity index (χ3n) is 2.88. The zero-order chi connectivity index (χ0) is 15.5. The van der Waals surface area contributed by atoms with Crippen LogP contribution in [0.4, 0.5) is 14.5 Å². The standard InChI is InChI=1S/C14H14F2N2O2S/c15-11-3-1-10(2-4-11)7-8-18-21(19,20)14-9-12(16)5-6-13(14)17/h1-6,9,18H,7-8,17H2. The summed E-state index contributed by atoms with van der Waals surface area (Å²) in [6.45, 7) is 0.101. The van der Waals surface area contributed by atoms with Crippen LogP contribution in [0.25, 0.3) is 0 Å². The van der Waals surface area contributed by atoms with Gasteiger partial charge >= 0.3 is 0 Å². The number of nitrogens with two attached hydrogens (primary N) is 1. The molecule has 2 rings (SSSR count). The van der Waals surface area contributed by atoms with Crippen molar-refractivity contribution >= 4 is 15.7 Å². The molecule has 0 aliphatic rings. The second kappa shape index (κ2) is 6.19. The summed E-state index contributed by atoms with van der Waals surface area (Å²) in [5, 5.41) is 0. The van der Waals surface area contributed by atoms with Gasteiger partial charge in [-0.2, -0.15) is 0 Å². The van der Waals surface area contributed by atoms with Crippen molar-refractivity contribution in [2.75, 3.05) is 12.3 Å². The SMILES string of the molecule is Nc1ccc(F)cc1S(=O)(=O)NCCc1ccc(F)cc1. The van der Waals surface area contributed by atoms with E-state index in [2.05, 4.69) is 4.72 Å². The molecule has 0 saturated carbocycles. The monoisotopic (exact) mass is 312 g/mol. The Balaban J connectivity index is 2.04. The molecule has 0 heterocycles. The molecule has 2 aromatic rings. The average Bonchev–Trinajstić information content (AvgIpc) is 2.43. The summed E-state index contributed by atoms with van der Waals surface area (Å²) < 4.78 is 52.3. The number of sulfonamides is 1. The molecule has 0 aliphatic heterocycles. The van der Waals surface area contributed by atoms with Gasteiger partial charge in [0.25, 0.3) is 0 Å². The largest absolute Gasteiger partial charge is 0.398 e. The number of nitrogens with one attached hydrogen (secondary N) is 1. The van der Waals surface area contributed by atoms with Gasteiger partial charge in [-0.1, -0.05) is 12.1 Å². The molecule has 0 fully saturated rings. The molecule has 112 valence electrons. The lowest BCUT2D eigenvalue weighted by Crippen LogP contribution is -2.26. The Morgan fingerprint density at radius 1 is 1.00 bits per heavy atom. The van der Waals surface area contributed by atoms with Gasteiger partial charge < -0.3 is 5.73 Å². The van der Waals surface area contributed by atoms with Gasteiger partial charge in [-0.15, -0.1) is 0 Å². The minimum absolute atomic E-state index is 0.0225. The number of nitrogen functional groups attached to an aromatic ring is 1. The van der Waals surface area contributed by atoms with Gasteiger partial charge in [0, 0.05) is 6.54 Å². The second-order valence-corrected chi connectivity index (χ2v) is 6.19. The van der Waals surface area contributed by atoms with Crippen LogP contribution in [0.1, 0.15) is 5.56 Å². The number of rotatable bonds is 5. The topological polar surface area (TPSA) is 72.2 Å². The van der Waals surface area contributed by atoms with Crippen LogP contribution in [-0.4, -0.2) is 15.0 Å². The molecule has 4 nitrogen and oxygen atoms in total. The highest BCUT2D eigenvalue weighted by Gasteiger charge is 2.17. The van der Waals surface area contributed by atoms with E-state index < -0.39 is 15.8 Å². The van der Waals surface area contributed by atoms with E-state index in [-0.39, 0.29) is 22.9 Å². The highest BCUT2D eigenvalue weighted by Crippen LogP contribution is 2.19. The fraction of sp³-hybridized carbons (Fsp3) is 0.143. The molecule has 0 unspecified atom stereocenters. The first kappa shape index (κ1) is 15.4. The van der Waals surface area contributed by atoms with Gasteiger partial charge in [-0.05, 0) is 42.3 Å². The second-order valence-electron chi connectivity index (χ2n) is 4.46. The minimum atomic E-state index is -3.88. The predicted octanol–water partition coefficient (Wildman–Crippen LogP) is 2.07. The summed E-state index contributed by atoms with van der Waals surface area (Å²) in [7, 11) is -3.88. The van der Waals surface area contributed by atoms with Crippen molar-refractivity contribution in [3.8, 4) is 0 Å². The molecular formula is C14H14F2N2O2S. The molecule has 3 N–H and O–H groups in total. The van der Waals surface area contributed by atoms with Crippen LogP contribution in [0.3, 0.4) is 0 Å². The number of benzene rings is 2. The summed E-state index contributed by atoms with van der Waals surface area (Å²) in [6, 6.07) is 8.90. The summed E-state index contributed by atoms with van der Waals surface area (Å²) in [5.41, 5.74) is 6.31. The van der Waals surface area contributed by atoms with Crippen LogP contribution in [0.2, 0.25) is 0 Å². The summed E-state index contributed by atoms with van der Waals surface area (Å²) in [4.78, 5) is -0.290. The van der Waals surface area contributed by atoms with E-state index in [0.717, 1.165) is 17.7 Å². The Kier molecular flexibility index (Phi) is 4.54. The quantitative estimate of drug-likeness (QED) is 0.830. The molecule has 0 aliphatic carbocycles. The van der Waals surface area contributed by atoms with Crippen LogP contribution in [0.15, 0.2) is 47.4 Å². The van der Waals surface area contributed by atoms with Crippen LogP contribution in [-0.2, 0) is 16.4 Å². The normalized spacial score (nSPS) is 11.5. The first-order valence-electron chi connectivity index (χ1n) is 6.17. The van der Waals surface area contributed by atoms with E-state index in [1.165, 1.54) is 18.2 Å². The highest BCUT2D eigenvalue weighted by molar-refractivity contribution is 7.89. The molecule has 0 saturated heterocycles. The zero-order valence-corrected chi connectivity index (χ0v) is 11.8. The van der Waals surface area contributed by atoms with E-state index in [9.17, 15) is 17.2 Å². The van der Waals surface area contributed by atoms with Gasteiger partial charge in [0.05, 0.1) is 5.69 Å². The van der Waals surface area contributed by atoms with Crippen molar-refractivity contribution < 1.29 is 17.2 Å². The maximum absolute atomic E-state index is 13.1. The molecule has 0 radical (unpaired) electrons. The van der Waals surface area contributed by atoms with E-state index in [1.54, 1.807) is 12.1 Å². The van der Waals surface area contributed by atoms with Crippen molar-refractivity contribution in [2.24, 2.45) is 0 Å². The van der Waals surface area contributed by atoms with Crippen LogP contribution < -0.4 is 10.5 Å². The molecule has 0 spiro atoms. The van der Waals surface area contributed by atoms with E-state index in [1.807, 2.05) is 0 Å². The average molecular weight is 312 g/mol. The van der Waals surface area contributed by atoms with E-state index in [4.69, 9.17) is 5.73 Å². The van der Waals surface area contributed by atoms with Crippen molar-refractivity contribution in [1.29, 1.82) is 0 Å². The minimum Gasteiger partial charge on any atom is -0.398 e. The number of halogens is 2. The molecule has 0 aromatic heterocycles. The maximum Gasteiger partial charge on any atom is 0.242 e. The first-order chi connectivity index (χ1) is 9.88. The summed E-state index contributed by atoms with van der Waals surface area (Å²) in [5.74, 6) is -1.03. The van der Waals surface area contributed by atoms with E-state index >= 15 is 0 Å². The van der Waals surface area contributed by atoms with Gasteiger partial charge in [0.2, 0.25) is 10.0 Å². The lowest BCUT2D eigenvalue weighted by molar-refractivity contribution is 0.578. The maximum atomic E-state index is 13.1. The van der Waals surface area contributed by atoms with Crippen LogP contribution in [0.5, 0.6) is 0 Å². The number of hydrogen-bond donors (Lipinski definition) is 2. The Hall–Kier alpha value is -1.99. The van der Waals surface area contributed by atoms with Crippen molar-refractivity contribution in [1.82, 2.24) is 4.72 Å². The number of hydrogen-bond acceptors (Lipinski definition) is 3. The molecule has 2 aromatic carbocycles. The molecule has 0 bridgehead atoms. The lowest BCUT2D eigenvalue weighted by Gasteiger charge is -2.09. The third kappa shape index (κ3) is 3.99. The smallest absolute Gasteiger partial charge is 0.242 e. The fourth-order valence-corrected chi connectivity index (χ4v) is 2.97. The molecule has 0 atom stereocenters. The molecule has 21 heavy (non-hydrogen) atoms. The zero-order valence-electron chi connectivity index (χ0n) is 11.0. The van der Waals surface area contributed by atoms with Gasteiger partial charge in [-0.3, -0.25) is 0 Å². The van der Waals surface area contributed by atoms with Gasteiger partial charge in [0.1, 0.15) is 16.5 Å². The fourth-order valence-electron chi connectivity index (χ4n) is 1.80.